The molecule has 0 radical (unpaired) electrons. The van der Waals surface area contributed by atoms with E-state index in [4.69, 9.17) is 4.74 Å². The molecule has 0 spiro atoms. The molecule has 0 atom stereocenters. The first-order chi connectivity index (χ1) is 12.6. The number of halogens is 1. The van der Waals surface area contributed by atoms with Gasteiger partial charge >= 0.3 is 0 Å². The van der Waals surface area contributed by atoms with Crippen LogP contribution in [0, 0.1) is 5.82 Å². The Labute approximate surface area is 153 Å². The molecule has 3 rings (SSSR count). The minimum atomic E-state index is -0.202. The molecule has 0 aliphatic rings. The third kappa shape index (κ3) is 4.77. The van der Waals surface area contributed by atoms with Gasteiger partial charge < -0.3 is 4.74 Å². The summed E-state index contributed by atoms with van der Waals surface area (Å²) in [5.41, 5.74) is 4.47. The first-order valence-corrected chi connectivity index (χ1v) is 8.70. The maximum Gasteiger partial charge on any atom is 0.123 e. The van der Waals surface area contributed by atoms with Crippen molar-refractivity contribution in [3.63, 3.8) is 0 Å². The molecule has 0 aliphatic carbocycles. The van der Waals surface area contributed by atoms with E-state index in [2.05, 4.69) is 22.1 Å². The smallest absolute Gasteiger partial charge is 0.123 e. The fraction of sp³-hybridized carbons (Fsp3) is 0.286. The Hall–Kier alpha value is -2.50. The van der Waals surface area contributed by atoms with E-state index in [1.165, 1.54) is 12.1 Å². The molecule has 0 bridgehead atoms. The SMILES string of the molecule is CN(CCOCc1ccccc1-c1ccnn1C)Cc1ccc(F)cc1. The third-order valence-corrected chi connectivity index (χ3v) is 4.35. The lowest BCUT2D eigenvalue weighted by molar-refractivity contribution is 0.0982. The molecule has 26 heavy (non-hydrogen) atoms. The van der Waals surface area contributed by atoms with Crippen LogP contribution in [0.3, 0.4) is 0 Å². The van der Waals surface area contributed by atoms with Crippen molar-refractivity contribution in [2.75, 3.05) is 20.2 Å². The van der Waals surface area contributed by atoms with Crippen LogP contribution in [0.25, 0.3) is 11.3 Å². The number of benzene rings is 2. The summed E-state index contributed by atoms with van der Waals surface area (Å²) in [4.78, 5) is 2.17. The van der Waals surface area contributed by atoms with E-state index in [-0.39, 0.29) is 5.82 Å². The highest BCUT2D eigenvalue weighted by molar-refractivity contribution is 5.63. The Morgan fingerprint density at radius 3 is 2.58 bits per heavy atom. The van der Waals surface area contributed by atoms with Crippen molar-refractivity contribution in [2.45, 2.75) is 13.2 Å². The Morgan fingerprint density at radius 1 is 1.08 bits per heavy atom. The van der Waals surface area contributed by atoms with E-state index in [9.17, 15) is 4.39 Å². The summed E-state index contributed by atoms with van der Waals surface area (Å²) in [6, 6.07) is 16.9. The lowest BCUT2D eigenvalue weighted by Crippen LogP contribution is -2.22. The zero-order chi connectivity index (χ0) is 18.4. The molecule has 2 aromatic carbocycles. The van der Waals surface area contributed by atoms with Crippen LogP contribution in [-0.4, -0.2) is 34.9 Å². The average Bonchev–Trinajstić information content (AvgIpc) is 3.07. The molecular formula is C21H24FN3O. The van der Waals surface area contributed by atoms with Gasteiger partial charge in [0, 0.05) is 31.9 Å². The molecule has 1 heterocycles. The van der Waals surface area contributed by atoms with Crippen LogP contribution in [0.4, 0.5) is 4.39 Å². The van der Waals surface area contributed by atoms with Crippen molar-refractivity contribution in [3.8, 4) is 11.3 Å². The van der Waals surface area contributed by atoms with Crippen LogP contribution in [0.1, 0.15) is 11.1 Å². The number of likely N-dealkylation sites (N-methyl/N-ethyl adjacent to an activating group) is 1. The van der Waals surface area contributed by atoms with Crippen LogP contribution in [-0.2, 0) is 24.9 Å². The maximum atomic E-state index is 13.0. The van der Waals surface area contributed by atoms with Crippen molar-refractivity contribution in [1.29, 1.82) is 0 Å². The first-order valence-electron chi connectivity index (χ1n) is 8.70. The molecule has 0 N–H and O–H groups in total. The van der Waals surface area contributed by atoms with E-state index in [0.717, 1.165) is 35.5 Å². The molecule has 136 valence electrons. The lowest BCUT2D eigenvalue weighted by atomic mass is 10.1. The second kappa shape index (κ2) is 8.74. The number of hydrogen-bond acceptors (Lipinski definition) is 3. The lowest BCUT2D eigenvalue weighted by Gasteiger charge is -2.17. The molecule has 0 fully saturated rings. The minimum Gasteiger partial charge on any atom is -0.375 e. The highest BCUT2D eigenvalue weighted by Gasteiger charge is 2.08. The summed E-state index contributed by atoms with van der Waals surface area (Å²) in [7, 11) is 3.98. The Morgan fingerprint density at radius 2 is 1.85 bits per heavy atom. The first kappa shape index (κ1) is 18.3. The number of rotatable bonds is 8. The van der Waals surface area contributed by atoms with Gasteiger partial charge in [-0.2, -0.15) is 5.10 Å². The second-order valence-corrected chi connectivity index (χ2v) is 6.41. The van der Waals surface area contributed by atoms with Gasteiger partial charge in [0.2, 0.25) is 0 Å². The number of aryl methyl sites for hydroxylation is 1. The predicted molar refractivity (Wildman–Crippen MR) is 101 cm³/mol. The summed E-state index contributed by atoms with van der Waals surface area (Å²) in [6.45, 7) is 2.78. The number of nitrogens with zero attached hydrogens (tertiary/aromatic N) is 3. The van der Waals surface area contributed by atoms with Crippen LogP contribution in [0.5, 0.6) is 0 Å². The van der Waals surface area contributed by atoms with Crippen molar-refractivity contribution in [3.05, 3.63) is 77.7 Å². The van der Waals surface area contributed by atoms with E-state index in [1.807, 2.05) is 49.1 Å². The van der Waals surface area contributed by atoms with Crippen molar-refractivity contribution in [2.24, 2.45) is 7.05 Å². The summed E-state index contributed by atoms with van der Waals surface area (Å²) >= 11 is 0. The van der Waals surface area contributed by atoms with E-state index >= 15 is 0 Å². The quantitative estimate of drug-likeness (QED) is 0.576. The molecule has 0 saturated heterocycles. The highest BCUT2D eigenvalue weighted by Crippen LogP contribution is 2.23. The van der Waals surface area contributed by atoms with Gasteiger partial charge in [-0.25, -0.2) is 4.39 Å². The largest absolute Gasteiger partial charge is 0.375 e. The summed E-state index contributed by atoms with van der Waals surface area (Å²) in [5.74, 6) is -0.202. The minimum absolute atomic E-state index is 0.202. The van der Waals surface area contributed by atoms with E-state index in [0.29, 0.717) is 13.2 Å². The fourth-order valence-electron chi connectivity index (χ4n) is 2.92. The van der Waals surface area contributed by atoms with Crippen LogP contribution < -0.4 is 0 Å². The zero-order valence-corrected chi connectivity index (χ0v) is 15.2. The number of hydrogen-bond donors (Lipinski definition) is 0. The van der Waals surface area contributed by atoms with Gasteiger partial charge in [0.1, 0.15) is 5.82 Å². The van der Waals surface area contributed by atoms with Crippen LogP contribution in [0.2, 0.25) is 0 Å². The van der Waals surface area contributed by atoms with Gasteiger partial charge in [0.25, 0.3) is 0 Å². The number of ether oxygens (including phenoxy) is 1. The van der Waals surface area contributed by atoms with E-state index in [1.54, 1.807) is 6.20 Å². The van der Waals surface area contributed by atoms with Gasteiger partial charge in [-0.15, -0.1) is 0 Å². The zero-order valence-electron chi connectivity index (χ0n) is 15.2. The standard InChI is InChI=1S/C21H24FN3O/c1-24(15-17-7-9-19(22)10-8-17)13-14-26-16-18-5-3-4-6-20(18)21-11-12-23-25(21)2/h3-12H,13-16H2,1-2H3. The Bertz CT molecular complexity index is 829. The van der Waals surface area contributed by atoms with Gasteiger partial charge in [-0.05, 0) is 36.4 Å². The number of aromatic nitrogens is 2. The molecule has 3 aromatic rings. The molecule has 0 amide bonds. The normalized spacial score (nSPS) is 11.2. The molecule has 0 saturated carbocycles. The predicted octanol–water partition coefficient (Wildman–Crippen LogP) is 3.87. The van der Waals surface area contributed by atoms with Crippen molar-refractivity contribution < 1.29 is 9.13 Å². The van der Waals surface area contributed by atoms with Crippen molar-refractivity contribution >= 4 is 0 Å². The van der Waals surface area contributed by atoms with Gasteiger partial charge in [0.05, 0.1) is 18.9 Å². The molecular weight excluding hydrogens is 329 g/mol. The molecule has 5 heteroatoms. The monoisotopic (exact) mass is 353 g/mol. The van der Waals surface area contributed by atoms with Gasteiger partial charge in [-0.1, -0.05) is 36.4 Å². The van der Waals surface area contributed by atoms with Gasteiger partial charge in [0.15, 0.2) is 0 Å². The molecule has 0 aliphatic heterocycles. The van der Waals surface area contributed by atoms with Crippen LogP contribution in [0.15, 0.2) is 60.8 Å². The molecule has 1 aromatic heterocycles. The molecule has 4 nitrogen and oxygen atoms in total. The highest BCUT2D eigenvalue weighted by atomic mass is 19.1. The van der Waals surface area contributed by atoms with Gasteiger partial charge in [-0.3, -0.25) is 9.58 Å². The summed E-state index contributed by atoms with van der Waals surface area (Å²) in [6.07, 6.45) is 1.80. The maximum absolute atomic E-state index is 13.0. The Kier molecular flexibility index (Phi) is 6.15. The topological polar surface area (TPSA) is 30.3 Å². The average molecular weight is 353 g/mol. The van der Waals surface area contributed by atoms with Crippen molar-refractivity contribution in [1.82, 2.24) is 14.7 Å². The van der Waals surface area contributed by atoms with E-state index < -0.39 is 0 Å². The summed E-state index contributed by atoms with van der Waals surface area (Å²) in [5, 5.41) is 4.24. The second-order valence-electron chi connectivity index (χ2n) is 6.41. The summed E-state index contributed by atoms with van der Waals surface area (Å²) < 4.78 is 20.7. The fourth-order valence-corrected chi connectivity index (χ4v) is 2.92. The van der Waals surface area contributed by atoms with Crippen LogP contribution >= 0.6 is 0 Å². The molecule has 0 unspecified atom stereocenters. The Balaban J connectivity index is 1.50. The third-order valence-electron chi connectivity index (χ3n) is 4.35.